The number of rotatable bonds is 1. The van der Waals surface area contributed by atoms with Gasteiger partial charge in [-0.3, -0.25) is 0 Å². The van der Waals surface area contributed by atoms with Gasteiger partial charge in [-0.25, -0.2) is 9.97 Å². The number of aromatic nitrogens is 4. The molecule has 0 saturated heterocycles. The third-order valence-electron chi connectivity index (χ3n) is 3.13. The highest BCUT2D eigenvalue weighted by Crippen LogP contribution is 2.12. The van der Waals surface area contributed by atoms with Crippen LogP contribution in [0.2, 0.25) is 0 Å². The zero-order valence-corrected chi connectivity index (χ0v) is 13.7. The Bertz CT molecular complexity index is 907. The van der Waals surface area contributed by atoms with E-state index < -0.39 is 0 Å². The van der Waals surface area contributed by atoms with Gasteiger partial charge in [0.2, 0.25) is 0 Å². The predicted octanol–water partition coefficient (Wildman–Crippen LogP) is 3.86. The summed E-state index contributed by atoms with van der Waals surface area (Å²) in [6.45, 7) is 0. The van der Waals surface area contributed by atoms with Crippen LogP contribution in [0.25, 0.3) is 21.8 Å². The molecular weight excluding hydrogens is 324 g/mol. The van der Waals surface area contributed by atoms with Crippen molar-refractivity contribution in [3.05, 3.63) is 72.8 Å². The minimum Gasteiger partial charge on any atom is -0.244 e. The second kappa shape index (κ2) is 7.21. The van der Waals surface area contributed by atoms with Crippen LogP contribution in [0.4, 0.5) is 0 Å². The Morgan fingerprint density at radius 2 is 1.57 bits per heavy atom. The normalized spacial score (nSPS) is 10.1. The van der Waals surface area contributed by atoms with E-state index in [0.29, 0.717) is 9.89 Å². The van der Waals surface area contributed by atoms with E-state index in [1.165, 1.54) is 0 Å². The lowest BCUT2D eigenvalue weighted by Gasteiger charge is -1.97. The molecule has 2 aromatic carbocycles. The van der Waals surface area contributed by atoms with Gasteiger partial charge in [0.1, 0.15) is 12.0 Å². The van der Waals surface area contributed by atoms with Crippen molar-refractivity contribution in [1.29, 1.82) is 0 Å². The van der Waals surface area contributed by atoms with Crippen LogP contribution in [-0.4, -0.2) is 24.4 Å². The predicted molar refractivity (Wildman–Crippen MR) is 99.8 cm³/mol. The molecule has 0 aliphatic rings. The van der Waals surface area contributed by atoms with Crippen molar-refractivity contribution in [3.63, 3.8) is 0 Å². The lowest BCUT2D eigenvalue weighted by atomic mass is 10.2. The summed E-state index contributed by atoms with van der Waals surface area (Å²) in [6, 6.07) is 17.6. The first-order valence-corrected chi connectivity index (χ1v) is 7.70. The van der Waals surface area contributed by atoms with Crippen molar-refractivity contribution < 1.29 is 0 Å². The molecule has 0 unspecified atom stereocenters. The molecule has 2 aromatic heterocycles. The molecule has 0 aliphatic carbocycles. The first-order valence-electron chi connectivity index (χ1n) is 6.84. The van der Waals surface area contributed by atoms with E-state index in [-0.39, 0.29) is 0 Å². The maximum absolute atomic E-state index is 4.89. The molecule has 6 heteroatoms. The average molecular weight is 336 g/mol. The fraction of sp³-hybridized carbons (Fsp3) is 0. The van der Waals surface area contributed by atoms with E-state index in [1.54, 1.807) is 6.33 Å². The molecule has 2 heterocycles. The van der Waals surface area contributed by atoms with Crippen LogP contribution >= 0.6 is 24.8 Å². The van der Waals surface area contributed by atoms with Crippen LogP contribution in [0.1, 0.15) is 5.69 Å². The molecule has 0 spiro atoms. The Morgan fingerprint density at radius 1 is 0.870 bits per heavy atom. The molecule has 0 fully saturated rings. The molecule has 0 aliphatic heterocycles. The molecule has 0 N–H and O–H groups in total. The smallest absolute Gasteiger partial charge is 0.116 e. The van der Waals surface area contributed by atoms with Crippen LogP contribution in [0.5, 0.6) is 0 Å². The van der Waals surface area contributed by atoms with E-state index in [9.17, 15) is 0 Å². The molecule has 0 saturated carbocycles. The van der Waals surface area contributed by atoms with Crippen molar-refractivity contribution in [2.24, 2.45) is 0 Å². The topological polar surface area (TPSA) is 51.6 Å². The van der Waals surface area contributed by atoms with Gasteiger partial charge in [-0.05, 0) is 18.2 Å². The second-order valence-corrected chi connectivity index (χ2v) is 5.83. The summed E-state index contributed by atoms with van der Waals surface area (Å²) >= 11 is 8.93. The summed E-state index contributed by atoms with van der Waals surface area (Å²) in [4.78, 5) is 7.97. The fourth-order valence-electron chi connectivity index (χ4n) is 2.01. The molecule has 0 radical (unpaired) electrons. The second-order valence-electron chi connectivity index (χ2n) is 4.68. The Morgan fingerprint density at radius 3 is 2.30 bits per heavy atom. The zero-order valence-electron chi connectivity index (χ0n) is 12.0. The summed E-state index contributed by atoms with van der Waals surface area (Å²) in [7, 11) is 0. The third-order valence-corrected chi connectivity index (χ3v) is 3.57. The number of benzene rings is 2. The molecule has 0 amide bonds. The Kier molecular flexibility index (Phi) is 4.85. The molecule has 0 atom stereocenters. The van der Waals surface area contributed by atoms with Gasteiger partial charge in [-0.1, -0.05) is 48.6 Å². The Labute approximate surface area is 144 Å². The van der Waals surface area contributed by atoms with Gasteiger partial charge in [-0.2, -0.15) is 0 Å². The molecule has 112 valence electrons. The largest absolute Gasteiger partial charge is 0.244 e. The van der Waals surface area contributed by atoms with Crippen molar-refractivity contribution in [2.45, 2.75) is 0 Å². The van der Waals surface area contributed by atoms with E-state index in [0.717, 1.165) is 21.8 Å². The summed E-state index contributed by atoms with van der Waals surface area (Å²) in [6.07, 6.45) is 3.37. The lowest BCUT2D eigenvalue weighted by Crippen LogP contribution is -1.95. The van der Waals surface area contributed by atoms with Gasteiger partial charge in [0.15, 0.2) is 0 Å². The van der Waals surface area contributed by atoms with Crippen molar-refractivity contribution in [2.75, 3.05) is 0 Å². The highest BCUT2D eigenvalue weighted by atomic mass is 32.1. The van der Waals surface area contributed by atoms with E-state index in [4.69, 9.17) is 12.2 Å². The molecular formula is C17H12N4S2. The lowest BCUT2D eigenvalue weighted by molar-refractivity contribution is 1.07. The van der Waals surface area contributed by atoms with Crippen molar-refractivity contribution in [1.82, 2.24) is 20.2 Å². The fourth-order valence-corrected chi connectivity index (χ4v) is 2.22. The number of para-hydroxylation sites is 1. The van der Waals surface area contributed by atoms with Crippen LogP contribution < -0.4 is 0 Å². The third kappa shape index (κ3) is 3.85. The van der Waals surface area contributed by atoms with E-state index >= 15 is 0 Å². The zero-order chi connectivity index (χ0) is 16.1. The summed E-state index contributed by atoms with van der Waals surface area (Å²) in [5.74, 6) is 0. The maximum Gasteiger partial charge on any atom is 0.116 e. The first-order chi connectivity index (χ1) is 11.2. The van der Waals surface area contributed by atoms with Crippen molar-refractivity contribution in [3.8, 4) is 0 Å². The molecule has 0 bridgehead atoms. The van der Waals surface area contributed by atoms with Gasteiger partial charge in [-0.15, -0.1) is 22.8 Å². The quantitative estimate of drug-likeness (QED) is 0.422. The molecule has 4 rings (SSSR count). The van der Waals surface area contributed by atoms with Gasteiger partial charge >= 0.3 is 0 Å². The van der Waals surface area contributed by atoms with Gasteiger partial charge in [0.05, 0.1) is 15.2 Å². The van der Waals surface area contributed by atoms with Crippen LogP contribution in [-0.2, 0) is 0 Å². The first kappa shape index (κ1) is 15.5. The van der Waals surface area contributed by atoms with Gasteiger partial charge in [0.25, 0.3) is 0 Å². The van der Waals surface area contributed by atoms with Crippen molar-refractivity contribution >= 4 is 50.8 Å². The minimum absolute atomic E-state index is 0.471. The number of hydrogen-bond donors (Lipinski definition) is 1. The molecule has 4 nitrogen and oxygen atoms in total. The number of nitrogens with zero attached hydrogens (tertiary/aromatic N) is 4. The summed E-state index contributed by atoms with van der Waals surface area (Å²) in [5, 5.41) is 10.1. The minimum atomic E-state index is 0.471. The summed E-state index contributed by atoms with van der Waals surface area (Å²) < 4.78 is 0.471. The highest BCUT2D eigenvalue weighted by Gasteiger charge is 2.00. The average Bonchev–Trinajstić information content (AvgIpc) is 2.62. The SMILES string of the molecule is S=C(S)c1cc2ccccc2nn1.c1ccc2ncncc2c1. The number of fused-ring (bicyclic) bond motifs is 2. The number of hydrogen-bond acceptors (Lipinski definition) is 5. The Balaban J connectivity index is 0.000000140. The van der Waals surface area contributed by atoms with Crippen LogP contribution in [0.15, 0.2) is 67.1 Å². The monoisotopic (exact) mass is 336 g/mol. The summed E-state index contributed by atoms with van der Waals surface area (Å²) in [5.41, 5.74) is 2.52. The highest BCUT2D eigenvalue weighted by molar-refractivity contribution is 8.11. The Hall–Kier alpha value is -2.44. The van der Waals surface area contributed by atoms with E-state index in [2.05, 4.69) is 32.8 Å². The number of thiocarbonyl (C=S) groups is 1. The molecule has 4 aromatic rings. The maximum atomic E-state index is 4.89. The van der Waals surface area contributed by atoms with Crippen LogP contribution in [0, 0.1) is 0 Å². The standard InChI is InChI=1S/C9H6N2S2.C8H6N2/c12-9(13)8-5-6-3-1-2-4-7(6)10-11-8;1-2-4-8-7(3-1)5-9-6-10-8/h1-5H,(H,12,13);1-6H. The molecule has 23 heavy (non-hydrogen) atoms. The van der Waals surface area contributed by atoms with Gasteiger partial charge in [0, 0.05) is 17.0 Å². The van der Waals surface area contributed by atoms with E-state index in [1.807, 2.05) is 60.8 Å². The number of thiol groups is 1. The van der Waals surface area contributed by atoms with Crippen LogP contribution in [0.3, 0.4) is 0 Å². The van der Waals surface area contributed by atoms with Gasteiger partial charge < -0.3 is 0 Å².